The minimum atomic E-state index is -0.412. The lowest BCUT2D eigenvalue weighted by atomic mass is 9.96. The van der Waals surface area contributed by atoms with Gasteiger partial charge in [-0.3, -0.25) is 4.68 Å². The largest absolute Gasteiger partial charge is 0.396 e. The van der Waals surface area contributed by atoms with Crippen molar-refractivity contribution in [2.45, 2.75) is 25.5 Å². The lowest BCUT2D eigenvalue weighted by molar-refractivity contribution is 0.0909. The maximum Gasteiger partial charge on any atom is 0.0862 e. The highest BCUT2D eigenvalue weighted by Crippen LogP contribution is 2.16. The summed E-state index contributed by atoms with van der Waals surface area (Å²) in [6.45, 7) is 4.61. The van der Waals surface area contributed by atoms with Crippen LogP contribution in [-0.2, 0) is 6.54 Å². The summed E-state index contributed by atoms with van der Waals surface area (Å²) in [5.74, 6) is 0.753. The summed E-state index contributed by atoms with van der Waals surface area (Å²) in [6.07, 6.45) is 5.46. The molecule has 114 valence electrons. The highest BCUT2D eigenvalue weighted by Gasteiger charge is 2.19. The minimum absolute atomic E-state index is 0.412. The van der Waals surface area contributed by atoms with Gasteiger partial charge in [0.1, 0.15) is 0 Å². The molecule has 1 aromatic heterocycles. The van der Waals surface area contributed by atoms with Gasteiger partial charge in [-0.25, -0.2) is 0 Å². The molecule has 0 radical (unpaired) electrons. The molecule has 0 saturated carbocycles. The zero-order valence-electron chi connectivity index (χ0n) is 12.6. The summed E-state index contributed by atoms with van der Waals surface area (Å²) in [5, 5.41) is 14.2. The van der Waals surface area contributed by atoms with Crippen molar-refractivity contribution in [3.8, 4) is 0 Å². The molecular formula is C14H27N5O. The van der Waals surface area contributed by atoms with Crippen LogP contribution in [0.4, 0.5) is 5.69 Å². The van der Waals surface area contributed by atoms with Crippen LogP contribution in [0.3, 0.4) is 0 Å². The average Bonchev–Trinajstić information content (AvgIpc) is 2.77. The first-order valence-corrected chi connectivity index (χ1v) is 7.36. The molecular weight excluding hydrogens is 254 g/mol. The zero-order chi connectivity index (χ0) is 14.5. The first kappa shape index (κ1) is 15.3. The molecule has 1 fully saturated rings. The number of nitrogens with zero attached hydrogens (tertiary/aromatic N) is 4. The van der Waals surface area contributed by atoms with Crippen LogP contribution in [0.2, 0.25) is 0 Å². The number of anilines is 1. The molecule has 2 heterocycles. The fourth-order valence-corrected chi connectivity index (χ4v) is 2.87. The predicted octanol–water partition coefficient (Wildman–Crippen LogP) is 0.0998. The lowest BCUT2D eigenvalue weighted by Gasteiger charge is -2.32. The number of aliphatic hydroxyl groups excluding tert-OH is 1. The number of aromatic nitrogens is 2. The van der Waals surface area contributed by atoms with Crippen LogP contribution >= 0.6 is 0 Å². The second-order valence-corrected chi connectivity index (χ2v) is 6.12. The second-order valence-electron chi connectivity index (χ2n) is 6.12. The second kappa shape index (κ2) is 7.06. The van der Waals surface area contributed by atoms with Crippen molar-refractivity contribution in [1.29, 1.82) is 0 Å². The number of hydrogen-bond acceptors (Lipinski definition) is 5. The Kier molecular flexibility index (Phi) is 5.39. The van der Waals surface area contributed by atoms with Gasteiger partial charge >= 0.3 is 0 Å². The fourth-order valence-electron chi connectivity index (χ4n) is 2.87. The summed E-state index contributed by atoms with van der Waals surface area (Å²) in [5.41, 5.74) is 6.25. The Balaban J connectivity index is 1.69. The van der Waals surface area contributed by atoms with Crippen LogP contribution in [0, 0.1) is 5.92 Å². The number of rotatable bonds is 6. The van der Waals surface area contributed by atoms with Gasteiger partial charge in [0, 0.05) is 19.3 Å². The monoisotopic (exact) mass is 281 g/mol. The maximum atomic E-state index is 10.1. The van der Waals surface area contributed by atoms with Gasteiger partial charge in [0.25, 0.3) is 0 Å². The minimum Gasteiger partial charge on any atom is -0.396 e. The summed E-state index contributed by atoms with van der Waals surface area (Å²) in [7, 11) is 4.26. The van der Waals surface area contributed by atoms with Crippen molar-refractivity contribution in [1.82, 2.24) is 19.6 Å². The number of piperidine rings is 1. The summed E-state index contributed by atoms with van der Waals surface area (Å²) in [6, 6.07) is 0. The number of nitrogens with two attached hydrogens (primary N) is 1. The van der Waals surface area contributed by atoms with Gasteiger partial charge in [-0.2, -0.15) is 5.10 Å². The standard InChI is InChI=1S/C14H27N5O/c1-17-5-3-12(4-6-17)8-18(2)10-14(20)11-19-9-13(15)7-16-19/h7,9,12,14,20H,3-6,8,10-11,15H2,1-2H3. The number of likely N-dealkylation sites (tertiary alicyclic amines) is 1. The van der Waals surface area contributed by atoms with Crippen molar-refractivity contribution < 1.29 is 5.11 Å². The molecule has 0 bridgehead atoms. The quantitative estimate of drug-likeness (QED) is 0.774. The van der Waals surface area contributed by atoms with Gasteiger partial charge in [0.05, 0.1) is 24.5 Å². The molecule has 2 rings (SSSR count). The highest BCUT2D eigenvalue weighted by molar-refractivity contribution is 5.30. The van der Waals surface area contributed by atoms with E-state index in [-0.39, 0.29) is 0 Å². The number of nitrogen functional groups attached to an aromatic ring is 1. The zero-order valence-corrected chi connectivity index (χ0v) is 12.6. The van der Waals surface area contributed by atoms with Gasteiger partial charge < -0.3 is 20.6 Å². The van der Waals surface area contributed by atoms with E-state index in [1.807, 2.05) is 0 Å². The van der Waals surface area contributed by atoms with Crippen molar-refractivity contribution >= 4 is 5.69 Å². The molecule has 20 heavy (non-hydrogen) atoms. The summed E-state index contributed by atoms with van der Waals surface area (Å²) < 4.78 is 1.70. The molecule has 0 amide bonds. The van der Waals surface area contributed by atoms with Crippen LogP contribution in [0.5, 0.6) is 0 Å². The number of likely N-dealkylation sites (N-methyl/N-ethyl adjacent to an activating group) is 1. The molecule has 1 aromatic rings. The number of hydrogen-bond donors (Lipinski definition) is 2. The third-order valence-electron chi connectivity index (χ3n) is 3.98. The Morgan fingerprint density at radius 1 is 1.50 bits per heavy atom. The van der Waals surface area contributed by atoms with E-state index in [2.05, 4.69) is 29.0 Å². The van der Waals surface area contributed by atoms with Crippen molar-refractivity contribution in [3.63, 3.8) is 0 Å². The molecule has 1 aliphatic heterocycles. The van der Waals surface area contributed by atoms with Gasteiger partial charge in [0.15, 0.2) is 0 Å². The van der Waals surface area contributed by atoms with E-state index in [4.69, 9.17) is 5.73 Å². The molecule has 0 spiro atoms. The van der Waals surface area contributed by atoms with Crippen molar-refractivity contribution in [3.05, 3.63) is 12.4 Å². The van der Waals surface area contributed by atoms with E-state index < -0.39 is 6.10 Å². The number of aliphatic hydroxyl groups is 1. The van der Waals surface area contributed by atoms with Crippen LogP contribution < -0.4 is 5.73 Å². The van der Waals surface area contributed by atoms with E-state index in [0.29, 0.717) is 18.8 Å². The molecule has 0 aliphatic carbocycles. The van der Waals surface area contributed by atoms with E-state index in [1.54, 1.807) is 17.1 Å². The first-order valence-electron chi connectivity index (χ1n) is 7.36. The van der Waals surface area contributed by atoms with Crippen molar-refractivity contribution in [2.24, 2.45) is 5.92 Å². The highest BCUT2D eigenvalue weighted by atomic mass is 16.3. The Labute approximate surface area is 121 Å². The maximum absolute atomic E-state index is 10.1. The SMILES string of the molecule is CN1CCC(CN(C)CC(O)Cn2cc(N)cn2)CC1. The molecule has 6 nitrogen and oxygen atoms in total. The van der Waals surface area contributed by atoms with Crippen LogP contribution in [0.25, 0.3) is 0 Å². The third-order valence-corrected chi connectivity index (χ3v) is 3.98. The third kappa shape index (κ3) is 4.77. The van der Waals surface area contributed by atoms with Crippen molar-refractivity contribution in [2.75, 3.05) is 46.0 Å². The Morgan fingerprint density at radius 3 is 2.80 bits per heavy atom. The topological polar surface area (TPSA) is 70.5 Å². The smallest absolute Gasteiger partial charge is 0.0862 e. The van der Waals surface area contributed by atoms with Crippen LogP contribution in [-0.4, -0.2) is 71.1 Å². The Morgan fingerprint density at radius 2 is 2.20 bits per heavy atom. The average molecular weight is 281 g/mol. The van der Waals surface area contributed by atoms with E-state index in [1.165, 1.54) is 25.9 Å². The molecule has 1 unspecified atom stereocenters. The Hall–Kier alpha value is -1.11. The Bertz CT molecular complexity index is 400. The summed E-state index contributed by atoms with van der Waals surface area (Å²) >= 11 is 0. The molecule has 1 aliphatic rings. The van der Waals surface area contributed by atoms with Gasteiger partial charge in [-0.05, 0) is 45.9 Å². The van der Waals surface area contributed by atoms with Crippen LogP contribution in [0.15, 0.2) is 12.4 Å². The van der Waals surface area contributed by atoms with Gasteiger partial charge in [0.2, 0.25) is 0 Å². The van der Waals surface area contributed by atoms with E-state index >= 15 is 0 Å². The molecule has 3 N–H and O–H groups in total. The van der Waals surface area contributed by atoms with Gasteiger partial charge in [-0.1, -0.05) is 0 Å². The first-order chi connectivity index (χ1) is 9.52. The van der Waals surface area contributed by atoms with Crippen LogP contribution in [0.1, 0.15) is 12.8 Å². The molecule has 6 heteroatoms. The van der Waals surface area contributed by atoms with E-state index in [9.17, 15) is 5.11 Å². The summed E-state index contributed by atoms with van der Waals surface area (Å²) in [4.78, 5) is 4.61. The molecule has 1 atom stereocenters. The predicted molar refractivity (Wildman–Crippen MR) is 80.4 cm³/mol. The van der Waals surface area contributed by atoms with E-state index in [0.717, 1.165) is 12.5 Å². The molecule has 0 aromatic carbocycles. The lowest BCUT2D eigenvalue weighted by Crippen LogP contribution is -2.39. The fraction of sp³-hybridized carbons (Fsp3) is 0.786. The molecule has 1 saturated heterocycles. The van der Waals surface area contributed by atoms with Gasteiger partial charge in [-0.15, -0.1) is 0 Å². The normalized spacial score (nSPS) is 19.6.